The van der Waals surface area contributed by atoms with Crippen molar-refractivity contribution in [2.24, 2.45) is 4.99 Å². The summed E-state index contributed by atoms with van der Waals surface area (Å²) in [6.07, 6.45) is 2.54. The van der Waals surface area contributed by atoms with Crippen molar-refractivity contribution in [1.82, 2.24) is 10.6 Å². The minimum absolute atomic E-state index is 0.286. The van der Waals surface area contributed by atoms with Crippen LogP contribution in [0.3, 0.4) is 0 Å². The monoisotopic (exact) mass is 321 g/mol. The average Bonchev–Trinajstić information content (AvgIpc) is 3.10. The van der Waals surface area contributed by atoms with Crippen LogP contribution < -0.4 is 20.1 Å². The number of ether oxygens (including phenoxy) is 3. The number of hydrogen-bond donors (Lipinski definition) is 2. The van der Waals surface area contributed by atoms with Gasteiger partial charge in [0.2, 0.25) is 0 Å². The summed E-state index contributed by atoms with van der Waals surface area (Å²) in [5.74, 6) is 2.35. The second kappa shape index (κ2) is 9.25. The van der Waals surface area contributed by atoms with Gasteiger partial charge in [0.05, 0.1) is 26.9 Å². The van der Waals surface area contributed by atoms with Gasteiger partial charge in [0, 0.05) is 31.3 Å². The van der Waals surface area contributed by atoms with Crippen molar-refractivity contribution in [1.29, 1.82) is 0 Å². The molecule has 2 N–H and O–H groups in total. The zero-order chi connectivity index (χ0) is 16.5. The van der Waals surface area contributed by atoms with E-state index in [4.69, 9.17) is 14.2 Å². The largest absolute Gasteiger partial charge is 0.497 e. The predicted molar refractivity (Wildman–Crippen MR) is 91.3 cm³/mol. The number of nitrogens with one attached hydrogen (secondary N) is 2. The van der Waals surface area contributed by atoms with Crippen LogP contribution in [-0.2, 0) is 11.3 Å². The van der Waals surface area contributed by atoms with Gasteiger partial charge in [0.15, 0.2) is 5.96 Å². The van der Waals surface area contributed by atoms with Gasteiger partial charge in [-0.2, -0.15) is 0 Å². The Morgan fingerprint density at radius 1 is 1.30 bits per heavy atom. The highest BCUT2D eigenvalue weighted by Gasteiger charge is 2.15. The van der Waals surface area contributed by atoms with Crippen LogP contribution in [0.1, 0.15) is 25.3 Å². The summed E-state index contributed by atoms with van der Waals surface area (Å²) in [4.78, 5) is 4.63. The van der Waals surface area contributed by atoms with E-state index in [9.17, 15) is 0 Å². The van der Waals surface area contributed by atoms with Gasteiger partial charge in [-0.15, -0.1) is 0 Å². The first-order valence-electron chi connectivity index (χ1n) is 8.11. The van der Waals surface area contributed by atoms with Crippen LogP contribution >= 0.6 is 0 Å². The fourth-order valence-corrected chi connectivity index (χ4v) is 2.50. The van der Waals surface area contributed by atoms with Gasteiger partial charge in [-0.3, -0.25) is 0 Å². The van der Waals surface area contributed by atoms with E-state index < -0.39 is 0 Å². The summed E-state index contributed by atoms with van der Waals surface area (Å²) in [5.41, 5.74) is 1.02. The van der Waals surface area contributed by atoms with Crippen molar-refractivity contribution < 1.29 is 14.2 Å². The molecule has 1 unspecified atom stereocenters. The van der Waals surface area contributed by atoms with Gasteiger partial charge in [0.25, 0.3) is 0 Å². The summed E-state index contributed by atoms with van der Waals surface area (Å²) in [5, 5.41) is 6.60. The lowest BCUT2D eigenvalue weighted by molar-refractivity contribution is 0.114. The van der Waals surface area contributed by atoms with E-state index >= 15 is 0 Å². The number of methoxy groups -OCH3 is 2. The van der Waals surface area contributed by atoms with Gasteiger partial charge in [-0.25, -0.2) is 4.99 Å². The topological polar surface area (TPSA) is 64.1 Å². The zero-order valence-corrected chi connectivity index (χ0v) is 14.2. The molecule has 1 heterocycles. The molecular weight excluding hydrogens is 294 g/mol. The minimum Gasteiger partial charge on any atom is -0.497 e. The maximum atomic E-state index is 5.63. The van der Waals surface area contributed by atoms with Crippen molar-refractivity contribution >= 4 is 5.96 Å². The summed E-state index contributed by atoms with van der Waals surface area (Å²) in [7, 11) is 3.30. The maximum Gasteiger partial charge on any atom is 0.191 e. The summed E-state index contributed by atoms with van der Waals surface area (Å²) < 4.78 is 16.3. The molecule has 1 aliphatic heterocycles. The molecule has 1 aromatic carbocycles. The predicted octanol–water partition coefficient (Wildman–Crippen LogP) is 1.94. The van der Waals surface area contributed by atoms with E-state index in [0.717, 1.165) is 55.6 Å². The fraction of sp³-hybridized carbons (Fsp3) is 0.588. The number of benzene rings is 1. The maximum absolute atomic E-state index is 5.63. The highest BCUT2D eigenvalue weighted by molar-refractivity contribution is 5.79. The lowest BCUT2D eigenvalue weighted by Crippen LogP contribution is -2.41. The van der Waals surface area contributed by atoms with Gasteiger partial charge in [-0.1, -0.05) is 0 Å². The third kappa shape index (κ3) is 5.32. The molecule has 1 aromatic rings. The molecule has 128 valence electrons. The standard InChI is InChI=1S/C17H27N3O3/c1-4-18-17(20-12-15-6-5-9-23-15)19-11-13-7-8-14(21-2)10-16(13)22-3/h7-8,10,15H,4-6,9,11-12H2,1-3H3,(H2,18,19,20). The van der Waals surface area contributed by atoms with Crippen LogP contribution in [0, 0.1) is 0 Å². The number of aliphatic imine (C=N–C) groups is 1. The third-order valence-corrected chi connectivity index (χ3v) is 3.77. The SMILES string of the molecule is CCNC(=NCc1ccc(OC)cc1OC)NCC1CCCO1. The van der Waals surface area contributed by atoms with Crippen molar-refractivity contribution in [2.75, 3.05) is 33.9 Å². The summed E-state index contributed by atoms with van der Waals surface area (Å²) in [6.45, 7) is 5.05. The van der Waals surface area contributed by atoms with Gasteiger partial charge < -0.3 is 24.8 Å². The van der Waals surface area contributed by atoms with Crippen LogP contribution in [0.2, 0.25) is 0 Å². The molecule has 0 bridgehead atoms. The van der Waals surface area contributed by atoms with Crippen LogP contribution in [0.15, 0.2) is 23.2 Å². The average molecular weight is 321 g/mol. The first-order valence-corrected chi connectivity index (χ1v) is 8.11. The van der Waals surface area contributed by atoms with Gasteiger partial charge >= 0.3 is 0 Å². The number of nitrogens with zero attached hydrogens (tertiary/aromatic N) is 1. The van der Waals surface area contributed by atoms with Crippen LogP contribution in [0.4, 0.5) is 0 Å². The molecule has 0 aliphatic carbocycles. The Labute approximate surface area is 138 Å². The highest BCUT2D eigenvalue weighted by Crippen LogP contribution is 2.25. The van der Waals surface area contributed by atoms with E-state index in [1.807, 2.05) is 18.2 Å². The van der Waals surface area contributed by atoms with E-state index in [0.29, 0.717) is 6.54 Å². The molecule has 1 saturated heterocycles. The Hall–Kier alpha value is -1.95. The van der Waals surface area contributed by atoms with E-state index in [1.165, 1.54) is 0 Å². The van der Waals surface area contributed by atoms with E-state index in [1.54, 1.807) is 14.2 Å². The molecule has 0 amide bonds. The number of guanidine groups is 1. The van der Waals surface area contributed by atoms with Gasteiger partial charge in [-0.05, 0) is 31.9 Å². The normalized spacial score (nSPS) is 17.9. The van der Waals surface area contributed by atoms with Crippen LogP contribution in [0.5, 0.6) is 11.5 Å². The first kappa shape index (κ1) is 17.4. The minimum atomic E-state index is 0.286. The second-order valence-corrected chi connectivity index (χ2v) is 5.39. The second-order valence-electron chi connectivity index (χ2n) is 5.39. The summed E-state index contributed by atoms with van der Waals surface area (Å²) >= 11 is 0. The molecule has 6 nitrogen and oxygen atoms in total. The van der Waals surface area contributed by atoms with E-state index in [2.05, 4.69) is 22.5 Å². The summed E-state index contributed by atoms with van der Waals surface area (Å²) in [6, 6.07) is 5.77. The van der Waals surface area contributed by atoms with Crippen molar-refractivity contribution in [3.63, 3.8) is 0 Å². The zero-order valence-electron chi connectivity index (χ0n) is 14.2. The van der Waals surface area contributed by atoms with Gasteiger partial charge in [0.1, 0.15) is 11.5 Å². The molecule has 1 atom stereocenters. The van der Waals surface area contributed by atoms with Crippen molar-refractivity contribution in [2.45, 2.75) is 32.4 Å². The molecule has 0 saturated carbocycles. The molecule has 6 heteroatoms. The molecule has 1 aliphatic rings. The first-order chi connectivity index (χ1) is 11.3. The Balaban J connectivity index is 1.98. The molecule has 0 aromatic heterocycles. The van der Waals surface area contributed by atoms with Crippen LogP contribution in [0.25, 0.3) is 0 Å². The molecule has 1 fully saturated rings. The Morgan fingerprint density at radius 3 is 2.83 bits per heavy atom. The Kier molecular flexibility index (Phi) is 7.00. The number of hydrogen-bond acceptors (Lipinski definition) is 4. The lowest BCUT2D eigenvalue weighted by Gasteiger charge is -2.15. The smallest absolute Gasteiger partial charge is 0.191 e. The molecule has 0 radical (unpaired) electrons. The molecule has 0 spiro atoms. The molecular formula is C17H27N3O3. The van der Waals surface area contributed by atoms with Crippen molar-refractivity contribution in [3.8, 4) is 11.5 Å². The fourth-order valence-electron chi connectivity index (χ4n) is 2.50. The highest BCUT2D eigenvalue weighted by atomic mass is 16.5. The van der Waals surface area contributed by atoms with Crippen molar-refractivity contribution in [3.05, 3.63) is 23.8 Å². The quantitative estimate of drug-likeness (QED) is 0.593. The van der Waals surface area contributed by atoms with Crippen LogP contribution in [-0.4, -0.2) is 46.0 Å². The number of rotatable bonds is 7. The molecule has 2 rings (SSSR count). The lowest BCUT2D eigenvalue weighted by atomic mass is 10.2. The Bertz CT molecular complexity index is 514. The van der Waals surface area contributed by atoms with E-state index in [-0.39, 0.29) is 6.10 Å². The molecule has 23 heavy (non-hydrogen) atoms. The Morgan fingerprint density at radius 2 is 2.17 bits per heavy atom. The third-order valence-electron chi connectivity index (χ3n) is 3.77.